The lowest BCUT2D eigenvalue weighted by atomic mass is 9.78. The lowest BCUT2D eigenvalue weighted by Gasteiger charge is -2.27. The van der Waals surface area contributed by atoms with Gasteiger partial charge in [0.25, 0.3) is 0 Å². The fourth-order valence-corrected chi connectivity index (χ4v) is 2.94. The molecule has 1 fully saturated rings. The number of rotatable bonds is 3. The van der Waals surface area contributed by atoms with E-state index in [4.69, 9.17) is 0 Å². The van der Waals surface area contributed by atoms with Gasteiger partial charge in [-0.3, -0.25) is 0 Å². The monoisotopic (exact) mass is 265 g/mol. The summed E-state index contributed by atoms with van der Waals surface area (Å²) in [5.41, 5.74) is -0.595. The average molecular weight is 265 g/mol. The molecule has 1 aromatic rings. The maximum atomic E-state index is 13.2. The van der Waals surface area contributed by atoms with Gasteiger partial charge in [-0.2, -0.15) is 5.26 Å². The number of halogens is 2. The highest BCUT2D eigenvalue weighted by atomic mass is 19.2. The first-order valence-corrected chi connectivity index (χ1v) is 6.56. The molecule has 4 heteroatoms. The molecule has 1 aliphatic carbocycles. The highest BCUT2D eigenvalue weighted by Crippen LogP contribution is 2.50. The van der Waals surface area contributed by atoms with Gasteiger partial charge in [0.1, 0.15) is 0 Å². The van der Waals surface area contributed by atoms with Crippen LogP contribution in [-0.2, 0) is 0 Å². The minimum Gasteiger partial charge on any atom is -0.387 e. The smallest absolute Gasteiger partial charge is 0.159 e. The number of hydrogen-bond donors (Lipinski definition) is 1. The van der Waals surface area contributed by atoms with E-state index >= 15 is 0 Å². The fraction of sp³-hybridized carbons (Fsp3) is 0.533. The summed E-state index contributed by atoms with van der Waals surface area (Å²) in [6.45, 7) is 2.06. The summed E-state index contributed by atoms with van der Waals surface area (Å²) in [7, 11) is 0. The first-order chi connectivity index (χ1) is 9.02. The van der Waals surface area contributed by atoms with Crippen molar-refractivity contribution in [1.29, 1.82) is 5.26 Å². The highest BCUT2D eigenvalue weighted by Gasteiger charge is 2.45. The van der Waals surface area contributed by atoms with Crippen molar-refractivity contribution in [3.05, 3.63) is 35.4 Å². The molecule has 0 spiro atoms. The second kappa shape index (κ2) is 5.26. The van der Waals surface area contributed by atoms with Crippen molar-refractivity contribution >= 4 is 0 Å². The van der Waals surface area contributed by atoms with Crippen LogP contribution in [0.1, 0.15) is 44.3 Å². The maximum absolute atomic E-state index is 13.2. The van der Waals surface area contributed by atoms with Gasteiger partial charge < -0.3 is 5.11 Å². The molecule has 0 heterocycles. The van der Waals surface area contributed by atoms with Gasteiger partial charge in [0.2, 0.25) is 0 Å². The maximum Gasteiger partial charge on any atom is 0.159 e. The molecule has 0 amide bonds. The van der Waals surface area contributed by atoms with Crippen LogP contribution in [0, 0.1) is 34.3 Å². The number of nitrogens with zero attached hydrogens (tertiary/aromatic N) is 1. The van der Waals surface area contributed by atoms with E-state index in [1.807, 2.05) is 0 Å². The number of nitriles is 1. The van der Waals surface area contributed by atoms with Crippen molar-refractivity contribution in [1.82, 2.24) is 0 Å². The van der Waals surface area contributed by atoms with E-state index in [9.17, 15) is 19.1 Å². The van der Waals surface area contributed by atoms with Crippen LogP contribution < -0.4 is 0 Å². The van der Waals surface area contributed by atoms with E-state index < -0.39 is 23.2 Å². The van der Waals surface area contributed by atoms with Crippen LogP contribution in [-0.4, -0.2) is 5.11 Å². The third kappa shape index (κ3) is 2.48. The molecule has 0 radical (unpaired) electrons. The Labute approximate surface area is 111 Å². The SMILES string of the molecule is CCC1CCC(C#N)(C(O)c2ccc(F)c(F)c2)C1. The average Bonchev–Trinajstić information content (AvgIpc) is 2.86. The number of hydrogen-bond acceptors (Lipinski definition) is 2. The zero-order valence-corrected chi connectivity index (χ0v) is 10.9. The van der Waals surface area contributed by atoms with E-state index in [0.29, 0.717) is 18.8 Å². The summed E-state index contributed by atoms with van der Waals surface area (Å²) in [5.74, 6) is -1.52. The van der Waals surface area contributed by atoms with E-state index in [1.54, 1.807) is 0 Å². The van der Waals surface area contributed by atoms with Crippen molar-refractivity contribution < 1.29 is 13.9 Å². The van der Waals surface area contributed by atoms with Crippen LogP contribution in [0.3, 0.4) is 0 Å². The molecule has 1 N–H and O–H groups in total. The lowest BCUT2D eigenvalue weighted by molar-refractivity contribution is 0.0637. The van der Waals surface area contributed by atoms with E-state index in [2.05, 4.69) is 13.0 Å². The molecule has 0 aromatic heterocycles. The zero-order chi connectivity index (χ0) is 14.0. The van der Waals surface area contributed by atoms with Gasteiger partial charge in [-0.05, 0) is 42.9 Å². The van der Waals surface area contributed by atoms with Crippen LogP contribution in [0.15, 0.2) is 18.2 Å². The first kappa shape index (κ1) is 14.0. The van der Waals surface area contributed by atoms with Crippen LogP contribution in [0.25, 0.3) is 0 Å². The second-order valence-electron chi connectivity index (χ2n) is 5.36. The highest BCUT2D eigenvalue weighted by molar-refractivity contribution is 5.25. The Bertz CT molecular complexity index is 511. The minimum absolute atomic E-state index is 0.275. The van der Waals surface area contributed by atoms with Crippen LogP contribution in [0.4, 0.5) is 8.78 Å². The standard InChI is InChI=1S/C15H17F2NO/c1-2-10-5-6-15(8-10,9-18)14(19)11-3-4-12(16)13(17)7-11/h3-4,7,10,14,19H,2,5-6,8H2,1H3. The summed E-state index contributed by atoms with van der Waals surface area (Å²) < 4.78 is 26.1. The normalized spacial score (nSPS) is 28.1. The second-order valence-corrected chi connectivity index (χ2v) is 5.36. The molecule has 102 valence electrons. The summed E-state index contributed by atoms with van der Waals surface area (Å²) in [6.07, 6.45) is 2.00. The third-order valence-electron chi connectivity index (χ3n) is 4.23. The predicted octanol–water partition coefficient (Wildman–Crippen LogP) is 3.72. The fourth-order valence-electron chi connectivity index (χ4n) is 2.94. The van der Waals surface area contributed by atoms with Crippen molar-refractivity contribution in [2.75, 3.05) is 0 Å². The lowest BCUT2D eigenvalue weighted by Crippen LogP contribution is -2.24. The molecular weight excluding hydrogens is 248 g/mol. The Morgan fingerprint density at radius 1 is 1.47 bits per heavy atom. The van der Waals surface area contributed by atoms with Gasteiger partial charge >= 0.3 is 0 Å². The van der Waals surface area contributed by atoms with Gasteiger partial charge in [0.05, 0.1) is 17.6 Å². The Morgan fingerprint density at radius 2 is 2.21 bits per heavy atom. The minimum atomic E-state index is -1.07. The van der Waals surface area contributed by atoms with Gasteiger partial charge in [-0.15, -0.1) is 0 Å². The molecule has 0 bridgehead atoms. The van der Waals surface area contributed by atoms with Gasteiger partial charge in [-0.25, -0.2) is 8.78 Å². The van der Waals surface area contributed by atoms with E-state index in [0.717, 1.165) is 25.0 Å². The zero-order valence-electron chi connectivity index (χ0n) is 10.9. The van der Waals surface area contributed by atoms with Gasteiger partial charge in [0, 0.05) is 0 Å². The van der Waals surface area contributed by atoms with Crippen molar-refractivity contribution in [3.8, 4) is 6.07 Å². The summed E-state index contributed by atoms with van der Waals surface area (Å²) in [4.78, 5) is 0. The Hall–Kier alpha value is -1.47. The molecule has 1 aromatic carbocycles. The van der Waals surface area contributed by atoms with Crippen molar-refractivity contribution in [2.24, 2.45) is 11.3 Å². The topological polar surface area (TPSA) is 44.0 Å². The molecule has 19 heavy (non-hydrogen) atoms. The van der Waals surface area contributed by atoms with Gasteiger partial charge in [0.15, 0.2) is 11.6 Å². The van der Waals surface area contributed by atoms with Crippen molar-refractivity contribution in [2.45, 2.75) is 38.7 Å². The molecule has 1 aliphatic rings. The van der Waals surface area contributed by atoms with E-state index in [1.165, 1.54) is 6.07 Å². The molecule has 0 aliphatic heterocycles. The molecule has 3 unspecified atom stereocenters. The number of benzene rings is 1. The Kier molecular flexibility index (Phi) is 3.86. The van der Waals surface area contributed by atoms with Crippen LogP contribution in [0.5, 0.6) is 0 Å². The molecule has 2 nitrogen and oxygen atoms in total. The Morgan fingerprint density at radius 3 is 2.74 bits per heavy atom. The number of aliphatic hydroxyl groups excluding tert-OH is 1. The molecular formula is C15H17F2NO. The van der Waals surface area contributed by atoms with E-state index in [-0.39, 0.29) is 5.56 Å². The van der Waals surface area contributed by atoms with Crippen LogP contribution >= 0.6 is 0 Å². The summed E-state index contributed by atoms with van der Waals surface area (Å²) in [6, 6.07) is 5.53. The molecule has 2 rings (SSSR count). The summed E-state index contributed by atoms with van der Waals surface area (Å²) in [5, 5.41) is 19.8. The first-order valence-electron chi connectivity index (χ1n) is 6.56. The molecule has 3 atom stereocenters. The molecule has 0 saturated heterocycles. The third-order valence-corrected chi connectivity index (χ3v) is 4.23. The number of aliphatic hydroxyl groups is 1. The van der Waals surface area contributed by atoms with Crippen LogP contribution in [0.2, 0.25) is 0 Å². The molecule has 1 saturated carbocycles. The largest absolute Gasteiger partial charge is 0.387 e. The predicted molar refractivity (Wildman–Crippen MR) is 67.0 cm³/mol. The van der Waals surface area contributed by atoms with Crippen molar-refractivity contribution in [3.63, 3.8) is 0 Å². The summed E-state index contributed by atoms with van der Waals surface area (Å²) >= 11 is 0. The van der Waals surface area contributed by atoms with Gasteiger partial charge in [-0.1, -0.05) is 19.4 Å². The quantitative estimate of drug-likeness (QED) is 0.905. The Balaban J connectivity index is 2.29.